The first kappa shape index (κ1) is 14.2. The van der Waals surface area contributed by atoms with E-state index in [1.54, 1.807) is 12.1 Å². The zero-order chi connectivity index (χ0) is 14.0. The molecular weight excluding hydrogens is 333 g/mol. The Labute approximate surface area is 124 Å². The van der Waals surface area contributed by atoms with Crippen LogP contribution in [0.1, 0.15) is 25.6 Å². The summed E-state index contributed by atoms with van der Waals surface area (Å²) in [5, 5.41) is 3.12. The minimum atomic E-state index is -0.469. The van der Waals surface area contributed by atoms with Crippen molar-refractivity contribution < 1.29 is 4.39 Å². The summed E-state index contributed by atoms with van der Waals surface area (Å²) in [5.74, 6) is 1.06. The largest absolute Gasteiger partial charge is 0.340 e. The number of benzene rings is 1. The number of hydrogen-bond acceptors (Lipinski definition) is 3. The summed E-state index contributed by atoms with van der Waals surface area (Å²) in [7, 11) is 0. The fourth-order valence-electron chi connectivity index (χ4n) is 1.48. The SMILES string of the molecule is CC(C)c1nc(Br)cc(Nc2ccc(Cl)c(F)c2)n1. The van der Waals surface area contributed by atoms with Crippen LogP contribution in [0.25, 0.3) is 0 Å². The van der Waals surface area contributed by atoms with Crippen molar-refractivity contribution in [2.24, 2.45) is 0 Å². The van der Waals surface area contributed by atoms with Crippen LogP contribution in [0, 0.1) is 5.82 Å². The summed E-state index contributed by atoms with van der Waals surface area (Å²) < 4.78 is 14.0. The van der Waals surface area contributed by atoms with E-state index in [1.165, 1.54) is 12.1 Å². The highest BCUT2D eigenvalue weighted by atomic mass is 79.9. The second-order valence-corrected chi connectivity index (χ2v) is 5.56. The van der Waals surface area contributed by atoms with E-state index in [4.69, 9.17) is 11.6 Å². The smallest absolute Gasteiger partial charge is 0.143 e. The number of nitrogens with one attached hydrogen (secondary N) is 1. The van der Waals surface area contributed by atoms with Gasteiger partial charge in [-0.25, -0.2) is 14.4 Å². The monoisotopic (exact) mass is 343 g/mol. The lowest BCUT2D eigenvalue weighted by molar-refractivity contribution is 0.629. The van der Waals surface area contributed by atoms with E-state index in [0.29, 0.717) is 21.9 Å². The van der Waals surface area contributed by atoms with Gasteiger partial charge in [-0.15, -0.1) is 0 Å². The summed E-state index contributed by atoms with van der Waals surface area (Å²) in [5.41, 5.74) is 0.585. The second kappa shape index (κ2) is 5.84. The molecule has 0 saturated carbocycles. The lowest BCUT2D eigenvalue weighted by Crippen LogP contribution is -2.02. The van der Waals surface area contributed by atoms with Crippen LogP contribution in [0.2, 0.25) is 5.02 Å². The molecule has 1 aromatic carbocycles. The number of rotatable bonds is 3. The predicted octanol–water partition coefficient (Wildman–Crippen LogP) is 4.90. The van der Waals surface area contributed by atoms with Gasteiger partial charge < -0.3 is 5.32 Å². The van der Waals surface area contributed by atoms with E-state index in [2.05, 4.69) is 31.2 Å². The molecule has 2 rings (SSSR count). The van der Waals surface area contributed by atoms with E-state index in [1.807, 2.05) is 13.8 Å². The molecule has 2 aromatic rings. The molecule has 0 unspecified atom stereocenters. The Bertz CT molecular complexity index is 604. The maximum absolute atomic E-state index is 13.4. The first-order valence-electron chi connectivity index (χ1n) is 5.72. The molecule has 19 heavy (non-hydrogen) atoms. The maximum atomic E-state index is 13.4. The summed E-state index contributed by atoms with van der Waals surface area (Å²) >= 11 is 8.97. The van der Waals surface area contributed by atoms with Crippen LogP contribution in [0.4, 0.5) is 15.9 Å². The fraction of sp³-hybridized carbons (Fsp3) is 0.231. The van der Waals surface area contributed by atoms with Crippen LogP contribution < -0.4 is 5.32 Å². The summed E-state index contributed by atoms with van der Waals surface area (Å²) in [4.78, 5) is 8.65. The van der Waals surface area contributed by atoms with Crippen molar-refractivity contribution in [2.45, 2.75) is 19.8 Å². The molecular formula is C13H12BrClFN3. The quantitative estimate of drug-likeness (QED) is 0.805. The van der Waals surface area contributed by atoms with Gasteiger partial charge in [0.05, 0.1) is 5.02 Å². The Hall–Kier alpha value is -1.20. The molecule has 0 amide bonds. The third-order valence-electron chi connectivity index (χ3n) is 2.42. The van der Waals surface area contributed by atoms with E-state index in [9.17, 15) is 4.39 Å². The van der Waals surface area contributed by atoms with E-state index in [-0.39, 0.29) is 10.9 Å². The van der Waals surface area contributed by atoms with Crippen molar-refractivity contribution in [1.29, 1.82) is 0 Å². The van der Waals surface area contributed by atoms with Crippen LogP contribution in [-0.4, -0.2) is 9.97 Å². The highest BCUT2D eigenvalue weighted by molar-refractivity contribution is 9.10. The van der Waals surface area contributed by atoms with Gasteiger partial charge in [0, 0.05) is 17.7 Å². The van der Waals surface area contributed by atoms with Crippen molar-refractivity contribution in [3.63, 3.8) is 0 Å². The van der Waals surface area contributed by atoms with Crippen LogP contribution in [-0.2, 0) is 0 Å². The molecule has 0 fully saturated rings. The van der Waals surface area contributed by atoms with Gasteiger partial charge in [-0.05, 0) is 34.1 Å². The highest BCUT2D eigenvalue weighted by Crippen LogP contribution is 2.23. The Morgan fingerprint density at radius 2 is 2.00 bits per heavy atom. The van der Waals surface area contributed by atoms with Gasteiger partial charge in [0.1, 0.15) is 22.1 Å². The van der Waals surface area contributed by atoms with Gasteiger partial charge in [0.25, 0.3) is 0 Å². The van der Waals surface area contributed by atoms with Gasteiger partial charge in [0.15, 0.2) is 0 Å². The predicted molar refractivity (Wildman–Crippen MR) is 78.5 cm³/mol. The average molecular weight is 345 g/mol. The van der Waals surface area contributed by atoms with Crippen LogP contribution in [0.3, 0.4) is 0 Å². The number of anilines is 2. The fourth-order valence-corrected chi connectivity index (χ4v) is 2.00. The second-order valence-electron chi connectivity index (χ2n) is 4.34. The molecule has 100 valence electrons. The molecule has 0 aliphatic carbocycles. The molecule has 0 aliphatic heterocycles. The van der Waals surface area contributed by atoms with Crippen molar-refractivity contribution in [1.82, 2.24) is 9.97 Å². The van der Waals surface area contributed by atoms with Crippen LogP contribution in [0.15, 0.2) is 28.9 Å². The molecule has 0 radical (unpaired) electrons. The molecule has 1 aromatic heterocycles. The molecule has 0 saturated heterocycles. The Morgan fingerprint density at radius 3 is 2.63 bits per heavy atom. The van der Waals surface area contributed by atoms with Crippen LogP contribution >= 0.6 is 27.5 Å². The molecule has 6 heteroatoms. The van der Waals surface area contributed by atoms with Crippen LogP contribution in [0.5, 0.6) is 0 Å². The number of hydrogen-bond donors (Lipinski definition) is 1. The number of halogens is 3. The van der Waals surface area contributed by atoms with Gasteiger partial charge >= 0.3 is 0 Å². The summed E-state index contributed by atoms with van der Waals surface area (Å²) in [6, 6.07) is 6.25. The van der Waals surface area contributed by atoms with Gasteiger partial charge in [-0.3, -0.25) is 0 Å². The van der Waals surface area contributed by atoms with Gasteiger partial charge in [-0.2, -0.15) is 0 Å². The van der Waals surface area contributed by atoms with Gasteiger partial charge in [-0.1, -0.05) is 25.4 Å². The Kier molecular flexibility index (Phi) is 4.37. The van der Waals surface area contributed by atoms with Crippen molar-refractivity contribution in [2.75, 3.05) is 5.32 Å². The first-order chi connectivity index (χ1) is 8.95. The molecule has 0 bridgehead atoms. The average Bonchev–Trinajstić information content (AvgIpc) is 2.33. The first-order valence-corrected chi connectivity index (χ1v) is 6.89. The van der Waals surface area contributed by atoms with E-state index in [0.717, 1.165) is 0 Å². The van der Waals surface area contributed by atoms with E-state index < -0.39 is 5.82 Å². The molecule has 0 aliphatic rings. The lowest BCUT2D eigenvalue weighted by Gasteiger charge is -2.10. The molecule has 0 spiro atoms. The number of nitrogens with zero attached hydrogens (tertiary/aromatic N) is 2. The van der Waals surface area contributed by atoms with Gasteiger partial charge in [0.2, 0.25) is 0 Å². The lowest BCUT2D eigenvalue weighted by atomic mass is 10.2. The minimum Gasteiger partial charge on any atom is -0.340 e. The van der Waals surface area contributed by atoms with Crippen molar-refractivity contribution in [3.05, 3.63) is 45.5 Å². The number of aromatic nitrogens is 2. The topological polar surface area (TPSA) is 37.8 Å². The maximum Gasteiger partial charge on any atom is 0.143 e. The van der Waals surface area contributed by atoms with Crippen molar-refractivity contribution >= 4 is 39.0 Å². The molecule has 1 N–H and O–H groups in total. The Morgan fingerprint density at radius 1 is 1.26 bits per heavy atom. The van der Waals surface area contributed by atoms with E-state index >= 15 is 0 Å². The molecule has 3 nitrogen and oxygen atoms in total. The minimum absolute atomic E-state index is 0.0947. The zero-order valence-corrected chi connectivity index (χ0v) is 12.8. The highest BCUT2D eigenvalue weighted by Gasteiger charge is 2.08. The third kappa shape index (κ3) is 3.64. The normalized spacial score (nSPS) is 10.8. The summed E-state index contributed by atoms with van der Waals surface area (Å²) in [6.07, 6.45) is 0. The zero-order valence-electron chi connectivity index (χ0n) is 10.4. The van der Waals surface area contributed by atoms with Crippen molar-refractivity contribution in [3.8, 4) is 0 Å². The molecule has 1 heterocycles. The molecule has 0 atom stereocenters. The third-order valence-corrected chi connectivity index (χ3v) is 3.13. The Balaban J connectivity index is 2.29. The summed E-state index contributed by atoms with van der Waals surface area (Å²) in [6.45, 7) is 4.01. The standard InChI is InChI=1S/C13H12BrClFN3/c1-7(2)13-18-11(14)6-12(19-13)17-8-3-4-9(15)10(16)5-8/h3-7H,1-2H3,(H,17,18,19).